The van der Waals surface area contributed by atoms with Crippen LogP contribution < -0.4 is 10.6 Å². The molecule has 8 heteroatoms. The van der Waals surface area contributed by atoms with Gasteiger partial charge in [0.1, 0.15) is 6.04 Å². The summed E-state index contributed by atoms with van der Waals surface area (Å²) in [4.78, 5) is 37.1. The summed E-state index contributed by atoms with van der Waals surface area (Å²) in [5, 5.41) is 5.34. The van der Waals surface area contributed by atoms with E-state index in [4.69, 9.17) is 12.2 Å². The number of rotatable bonds is 4. The quantitative estimate of drug-likeness (QED) is 0.460. The third kappa shape index (κ3) is 5.39. The average molecular weight is 361 g/mol. The van der Waals surface area contributed by atoms with Crippen molar-refractivity contribution >= 4 is 41.2 Å². The molecule has 25 heavy (non-hydrogen) atoms. The summed E-state index contributed by atoms with van der Waals surface area (Å²) in [7, 11) is 1.25. The molecule has 0 bridgehead atoms. The maximum atomic E-state index is 12.0. The van der Waals surface area contributed by atoms with Crippen molar-refractivity contribution in [1.82, 2.24) is 15.5 Å². The first-order valence-electron chi connectivity index (χ1n) is 7.70. The zero-order valence-electron chi connectivity index (χ0n) is 13.7. The Balaban J connectivity index is 1.99. The predicted molar refractivity (Wildman–Crippen MR) is 96.4 cm³/mol. The highest BCUT2D eigenvalue weighted by Crippen LogP contribution is 2.10. The van der Waals surface area contributed by atoms with Crippen molar-refractivity contribution in [3.63, 3.8) is 0 Å². The van der Waals surface area contributed by atoms with Crippen molar-refractivity contribution in [2.45, 2.75) is 12.5 Å². The number of benzene rings is 1. The molecule has 2 amide bonds. The lowest BCUT2D eigenvalue weighted by molar-refractivity contribution is -0.144. The van der Waals surface area contributed by atoms with E-state index in [1.807, 2.05) is 30.3 Å². The van der Waals surface area contributed by atoms with Crippen LogP contribution >= 0.6 is 12.2 Å². The van der Waals surface area contributed by atoms with Gasteiger partial charge in [-0.3, -0.25) is 19.7 Å². The summed E-state index contributed by atoms with van der Waals surface area (Å²) in [5.41, 5.74) is 0.879. The van der Waals surface area contributed by atoms with E-state index in [0.717, 1.165) is 5.56 Å². The second kappa shape index (κ2) is 8.93. The molecular formula is C17H19N3O4S. The monoisotopic (exact) mass is 361 g/mol. The molecule has 0 aliphatic carbocycles. The second-order valence-electron chi connectivity index (χ2n) is 5.32. The molecular weight excluding hydrogens is 342 g/mol. The number of ether oxygens (including phenoxy) is 1. The van der Waals surface area contributed by atoms with Gasteiger partial charge in [-0.2, -0.15) is 0 Å². The lowest BCUT2D eigenvalue weighted by Crippen LogP contribution is -2.60. The normalized spacial score (nSPS) is 17.1. The number of hydrogen-bond donors (Lipinski definition) is 2. The molecule has 0 saturated carbocycles. The fourth-order valence-corrected chi connectivity index (χ4v) is 2.68. The Labute approximate surface area is 151 Å². The third-order valence-electron chi connectivity index (χ3n) is 3.64. The zero-order chi connectivity index (χ0) is 18.2. The fourth-order valence-electron chi connectivity index (χ4n) is 2.36. The predicted octanol–water partition coefficient (Wildman–Crippen LogP) is 0.464. The molecule has 2 N–H and O–H groups in total. The van der Waals surface area contributed by atoms with Crippen LogP contribution in [-0.4, -0.2) is 54.0 Å². The van der Waals surface area contributed by atoms with Crippen LogP contribution in [0.2, 0.25) is 0 Å². The van der Waals surface area contributed by atoms with Gasteiger partial charge in [0.25, 0.3) is 0 Å². The lowest BCUT2D eigenvalue weighted by atomic mass is 10.1. The average Bonchev–Trinajstić information content (AvgIpc) is 2.62. The summed E-state index contributed by atoms with van der Waals surface area (Å²) in [6, 6.07) is 8.55. The number of piperazine rings is 1. The number of esters is 1. The van der Waals surface area contributed by atoms with Crippen molar-refractivity contribution in [2.24, 2.45) is 0 Å². The number of hydrogen-bond acceptors (Lipinski definition) is 5. The molecule has 1 aliphatic heterocycles. The van der Waals surface area contributed by atoms with Gasteiger partial charge >= 0.3 is 5.97 Å². The summed E-state index contributed by atoms with van der Waals surface area (Å²) in [6.07, 6.45) is 2.88. The second-order valence-corrected chi connectivity index (χ2v) is 5.71. The molecule has 1 unspecified atom stereocenters. The zero-order valence-corrected chi connectivity index (χ0v) is 14.5. The summed E-state index contributed by atoms with van der Waals surface area (Å²) >= 11 is 5.23. The molecule has 1 saturated heterocycles. The SMILES string of the molecule is COC(=O)CC1C(=O)NCCN1C(=S)NC(=O)/C=C/c1ccccc1. The fraction of sp³-hybridized carbons (Fsp3) is 0.294. The molecule has 1 atom stereocenters. The number of amides is 2. The van der Waals surface area contributed by atoms with E-state index in [2.05, 4.69) is 15.4 Å². The maximum absolute atomic E-state index is 12.0. The minimum absolute atomic E-state index is 0.103. The van der Waals surface area contributed by atoms with Crippen LogP contribution in [0.1, 0.15) is 12.0 Å². The molecule has 0 spiro atoms. The highest BCUT2D eigenvalue weighted by atomic mass is 32.1. The molecule has 7 nitrogen and oxygen atoms in total. The molecule has 0 radical (unpaired) electrons. The van der Waals surface area contributed by atoms with Crippen LogP contribution in [0.25, 0.3) is 6.08 Å². The first kappa shape index (κ1) is 18.6. The Bertz CT molecular complexity index is 690. The Morgan fingerprint density at radius 2 is 2.12 bits per heavy atom. The van der Waals surface area contributed by atoms with Crippen LogP contribution in [-0.2, 0) is 19.1 Å². The van der Waals surface area contributed by atoms with Crippen LogP contribution in [0.15, 0.2) is 36.4 Å². The molecule has 1 heterocycles. The van der Waals surface area contributed by atoms with E-state index in [0.29, 0.717) is 13.1 Å². The Kier molecular flexibility index (Phi) is 6.64. The largest absolute Gasteiger partial charge is 0.469 e. The van der Waals surface area contributed by atoms with Gasteiger partial charge in [0, 0.05) is 19.2 Å². The van der Waals surface area contributed by atoms with Gasteiger partial charge in [0.05, 0.1) is 13.5 Å². The van der Waals surface area contributed by atoms with E-state index < -0.39 is 17.9 Å². The Morgan fingerprint density at radius 3 is 2.80 bits per heavy atom. The van der Waals surface area contributed by atoms with Crippen LogP contribution in [0.5, 0.6) is 0 Å². The number of carbonyl (C=O) groups is 3. The highest BCUT2D eigenvalue weighted by molar-refractivity contribution is 7.80. The van der Waals surface area contributed by atoms with Gasteiger partial charge in [-0.25, -0.2) is 0 Å². The van der Waals surface area contributed by atoms with Crippen molar-refractivity contribution in [3.05, 3.63) is 42.0 Å². The first-order chi connectivity index (χ1) is 12.0. The highest BCUT2D eigenvalue weighted by Gasteiger charge is 2.33. The molecule has 132 valence electrons. The standard InChI is InChI=1S/C17H19N3O4S/c1-24-15(22)11-13-16(23)18-9-10-20(13)17(25)19-14(21)8-7-12-5-3-2-4-6-12/h2-8,13H,9-11H2,1H3,(H,18,23)(H,19,21,25)/b8-7+. The van der Waals surface area contributed by atoms with Gasteiger partial charge in [-0.15, -0.1) is 0 Å². The van der Waals surface area contributed by atoms with Gasteiger partial charge in [-0.05, 0) is 23.9 Å². The molecule has 1 aromatic rings. The van der Waals surface area contributed by atoms with E-state index in [1.165, 1.54) is 18.1 Å². The topological polar surface area (TPSA) is 87.7 Å². The summed E-state index contributed by atoms with van der Waals surface area (Å²) in [6.45, 7) is 0.779. The minimum atomic E-state index is -0.799. The molecule has 1 fully saturated rings. The van der Waals surface area contributed by atoms with Gasteiger partial charge in [-0.1, -0.05) is 30.3 Å². The van der Waals surface area contributed by atoms with E-state index >= 15 is 0 Å². The molecule has 1 aromatic carbocycles. The summed E-state index contributed by atoms with van der Waals surface area (Å²) < 4.78 is 4.61. The number of thiocarbonyl (C=S) groups is 1. The van der Waals surface area contributed by atoms with E-state index in [9.17, 15) is 14.4 Å². The Hall–Kier alpha value is -2.74. The van der Waals surface area contributed by atoms with Gasteiger partial charge in [0.15, 0.2) is 5.11 Å². The van der Waals surface area contributed by atoms with E-state index in [1.54, 1.807) is 6.08 Å². The van der Waals surface area contributed by atoms with Crippen LogP contribution in [0, 0.1) is 0 Å². The van der Waals surface area contributed by atoms with Gasteiger partial charge in [0.2, 0.25) is 11.8 Å². The van der Waals surface area contributed by atoms with Crippen molar-refractivity contribution in [3.8, 4) is 0 Å². The molecule has 2 rings (SSSR count). The van der Waals surface area contributed by atoms with E-state index in [-0.39, 0.29) is 17.4 Å². The maximum Gasteiger partial charge on any atom is 0.308 e. The van der Waals surface area contributed by atoms with Gasteiger partial charge < -0.3 is 15.0 Å². The van der Waals surface area contributed by atoms with Crippen LogP contribution in [0.4, 0.5) is 0 Å². The number of methoxy groups -OCH3 is 1. The van der Waals surface area contributed by atoms with Crippen molar-refractivity contribution in [1.29, 1.82) is 0 Å². The molecule has 1 aliphatic rings. The van der Waals surface area contributed by atoms with Crippen molar-refractivity contribution < 1.29 is 19.1 Å². The lowest BCUT2D eigenvalue weighted by Gasteiger charge is -2.35. The number of nitrogens with zero attached hydrogens (tertiary/aromatic N) is 1. The number of nitrogens with one attached hydrogen (secondary N) is 2. The minimum Gasteiger partial charge on any atom is -0.469 e. The van der Waals surface area contributed by atoms with Crippen LogP contribution in [0.3, 0.4) is 0 Å². The summed E-state index contributed by atoms with van der Waals surface area (Å²) in [5.74, 6) is -1.25. The third-order valence-corrected chi connectivity index (χ3v) is 3.97. The smallest absolute Gasteiger partial charge is 0.308 e. The van der Waals surface area contributed by atoms with Crippen molar-refractivity contribution in [2.75, 3.05) is 20.2 Å². The molecule has 0 aromatic heterocycles. The first-order valence-corrected chi connectivity index (χ1v) is 8.11. The number of carbonyl (C=O) groups excluding carboxylic acids is 3. The Morgan fingerprint density at radius 1 is 1.40 bits per heavy atom.